The molecule has 0 radical (unpaired) electrons. The number of hydrogen-bond acceptors (Lipinski definition) is 4. The third-order valence-corrected chi connectivity index (χ3v) is 4.79. The second-order valence-electron chi connectivity index (χ2n) is 5.87. The van der Waals surface area contributed by atoms with Crippen LogP contribution in [0, 0.1) is 0 Å². The Morgan fingerprint density at radius 2 is 2.00 bits per heavy atom. The van der Waals surface area contributed by atoms with Crippen LogP contribution in [0.5, 0.6) is 0 Å². The summed E-state index contributed by atoms with van der Waals surface area (Å²) in [6, 6.07) is 1.01. The van der Waals surface area contributed by atoms with Crippen molar-refractivity contribution in [2.24, 2.45) is 0 Å². The lowest BCUT2D eigenvalue weighted by atomic mass is 10.2. The molecule has 5 nitrogen and oxygen atoms in total. The minimum atomic E-state index is -4.44. The number of anilines is 1. The van der Waals surface area contributed by atoms with Crippen molar-refractivity contribution in [3.63, 3.8) is 0 Å². The Morgan fingerprint density at radius 3 is 2.62 bits per heavy atom. The third kappa shape index (κ3) is 3.66. The number of morpholine rings is 1. The van der Waals surface area contributed by atoms with E-state index < -0.39 is 17.8 Å². The quantitative estimate of drug-likeness (QED) is 0.755. The standard InChI is InChI=1S/C15H17BrF3N3O2/c16-11-7-10(15(17,18)19)8-20-13(11)22-5-6-24-12(9-22)14(23)21-3-1-2-4-21/h7-8,12H,1-6,9H2. The zero-order chi connectivity index (χ0) is 17.3. The molecule has 0 aromatic carbocycles. The Balaban J connectivity index is 1.73. The Hall–Kier alpha value is -1.35. The van der Waals surface area contributed by atoms with Crippen molar-refractivity contribution in [2.75, 3.05) is 37.7 Å². The van der Waals surface area contributed by atoms with E-state index in [1.165, 1.54) is 0 Å². The molecule has 2 aliphatic rings. The number of alkyl halides is 3. The van der Waals surface area contributed by atoms with Crippen molar-refractivity contribution in [1.82, 2.24) is 9.88 Å². The van der Waals surface area contributed by atoms with Crippen LogP contribution in [-0.4, -0.2) is 54.7 Å². The lowest BCUT2D eigenvalue weighted by molar-refractivity contribution is -0.143. The zero-order valence-corrected chi connectivity index (χ0v) is 14.4. The number of aromatic nitrogens is 1. The highest BCUT2D eigenvalue weighted by Gasteiger charge is 2.34. The van der Waals surface area contributed by atoms with Gasteiger partial charge >= 0.3 is 6.18 Å². The summed E-state index contributed by atoms with van der Waals surface area (Å²) < 4.78 is 44.0. The molecule has 0 bridgehead atoms. The molecule has 0 aliphatic carbocycles. The number of likely N-dealkylation sites (tertiary alicyclic amines) is 1. The molecule has 3 rings (SSSR count). The van der Waals surface area contributed by atoms with E-state index in [0.29, 0.717) is 19.0 Å². The van der Waals surface area contributed by atoms with Crippen molar-refractivity contribution in [2.45, 2.75) is 25.1 Å². The first-order chi connectivity index (χ1) is 11.4. The van der Waals surface area contributed by atoms with Crippen LogP contribution in [0.15, 0.2) is 16.7 Å². The summed E-state index contributed by atoms with van der Waals surface area (Å²) in [4.78, 5) is 19.9. The molecule has 3 heterocycles. The highest BCUT2D eigenvalue weighted by Crippen LogP contribution is 2.34. The lowest BCUT2D eigenvalue weighted by Gasteiger charge is -2.35. The Morgan fingerprint density at radius 1 is 1.29 bits per heavy atom. The zero-order valence-electron chi connectivity index (χ0n) is 12.9. The fourth-order valence-corrected chi connectivity index (χ4v) is 3.55. The molecule has 1 atom stereocenters. The molecule has 1 unspecified atom stereocenters. The molecular formula is C15H17BrF3N3O2. The van der Waals surface area contributed by atoms with Gasteiger partial charge in [0.1, 0.15) is 5.82 Å². The van der Waals surface area contributed by atoms with Gasteiger partial charge in [-0.3, -0.25) is 4.79 Å². The third-order valence-electron chi connectivity index (χ3n) is 4.21. The molecule has 2 saturated heterocycles. The van der Waals surface area contributed by atoms with E-state index in [4.69, 9.17) is 4.74 Å². The normalized spacial score (nSPS) is 22.1. The number of carbonyl (C=O) groups is 1. The molecule has 24 heavy (non-hydrogen) atoms. The number of halogens is 4. The van der Waals surface area contributed by atoms with Gasteiger partial charge in [0, 0.05) is 25.8 Å². The summed E-state index contributed by atoms with van der Waals surface area (Å²) >= 11 is 3.16. The largest absolute Gasteiger partial charge is 0.417 e. The van der Waals surface area contributed by atoms with Crippen LogP contribution < -0.4 is 4.90 Å². The van der Waals surface area contributed by atoms with Crippen molar-refractivity contribution < 1.29 is 22.7 Å². The molecule has 2 aliphatic heterocycles. The van der Waals surface area contributed by atoms with Gasteiger partial charge in [-0.2, -0.15) is 13.2 Å². The van der Waals surface area contributed by atoms with Crippen LogP contribution in [0.1, 0.15) is 18.4 Å². The van der Waals surface area contributed by atoms with E-state index in [0.717, 1.165) is 38.2 Å². The average molecular weight is 408 g/mol. The Bertz CT molecular complexity index is 620. The first kappa shape index (κ1) is 17.5. The number of rotatable bonds is 2. The molecule has 0 N–H and O–H groups in total. The summed E-state index contributed by atoms with van der Waals surface area (Å²) in [5, 5.41) is 0. The monoisotopic (exact) mass is 407 g/mol. The van der Waals surface area contributed by atoms with Gasteiger partial charge in [-0.1, -0.05) is 0 Å². The Labute approximate surface area is 145 Å². The number of ether oxygens (including phenoxy) is 1. The summed E-state index contributed by atoms with van der Waals surface area (Å²) in [5.41, 5.74) is -0.809. The van der Waals surface area contributed by atoms with Gasteiger partial charge < -0.3 is 14.5 Å². The van der Waals surface area contributed by atoms with Crippen LogP contribution in [0.4, 0.5) is 19.0 Å². The average Bonchev–Trinajstić information content (AvgIpc) is 3.07. The maximum atomic E-state index is 12.7. The van der Waals surface area contributed by atoms with E-state index in [1.807, 2.05) is 0 Å². The SMILES string of the molecule is O=C(C1CN(c2ncc(C(F)(F)F)cc2Br)CCO1)N1CCCC1. The van der Waals surface area contributed by atoms with Gasteiger partial charge in [0.25, 0.3) is 5.91 Å². The van der Waals surface area contributed by atoms with Gasteiger partial charge in [0.15, 0.2) is 6.10 Å². The predicted molar refractivity (Wildman–Crippen MR) is 84.7 cm³/mol. The first-order valence-corrected chi connectivity index (χ1v) is 8.53. The van der Waals surface area contributed by atoms with Crippen LogP contribution in [0.3, 0.4) is 0 Å². The van der Waals surface area contributed by atoms with Crippen LogP contribution in [0.2, 0.25) is 0 Å². The number of hydrogen-bond donors (Lipinski definition) is 0. The van der Waals surface area contributed by atoms with Gasteiger partial charge in [-0.25, -0.2) is 4.98 Å². The minimum absolute atomic E-state index is 0.0553. The van der Waals surface area contributed by atoms with E-state index in [-0.39, 0.29) is 16.9 Å². The van der Waals surface area contributed by atoms with E-state index in [9.17, 15) is 18.0 Å². The topological polar surface area (TPSA) is 45.7 Å². The minimum Gasteiger partial charge on any atom is -0.365 e. The van der Waals surface area contributed by atoms with Gasteiger partial charge in [-0.15, -0.1) is 0 Å². The van der Waals surface area contributed by atoms with Crippen LogP contribution in [0.25, 0.3) is 0 Å². The molecular weight excluding hydrogens is 391 g/mol. The van der Waals surface area contributed by atoms with E-state index >= 15 is 0 Å². The first-order valence-electron chi connectivity index (χ1n) is 7.74. The summed E-state index contributed by atoms with van der Waals surface area (Å²) in [7, 11) is 0. The fourth-order valence-electron chi connectivity index (χ4n) is 2.95. The molecule has 2 fully saturated rings. The molecule has 1 aromatic heterocycles. The Kier molecular flexibility index (Phi) is 5.00. The smallest absolute Gasteiger partial charge is 0.365 e. The lowest BCUT2D eigenvalue weighted by Crippen LogP contribution is -2.50. The number of amides is 1. The summed E-state index contributed by atoms with van der Waals surface area (Å²) in [5.74, 6) is 0.339. The highest BCUT2D eigenvalue weighted by molar-refractivity contribution is 9.10. The van der Waals surface area contributed by atoms with Crippen molar-refractivity contribution >= 4 is 27.7 Å². The van der Waals surface area contributed by atoms with Crippen LogP contribution in [-0.2, 0) is 15.7 Å². The second kappa shape index (κ2) is 6.87. The van der Waals surface area contributed by atoms with Crippen molar-refractivity contribution in [1.29, 1.82) is 0 Å². The van der Waals surface area contributed by atoms with Crippen molar-refractivity contribution in [3.8, 4) is 0 Å². The predicted octanol–water partition coefficient (Wildman–Crippen LogP) is 2.69. The van der Waals surface area contributed by atoms with Gasteiger partial charge in [0.2, 0.25) is 0 Å². The van der Waals surface area contributed by atoms with E-state index in [1.54, 1.807) is 9.80 Å². The fraction of sp³-hybridized carbons (Fsp3) is 0.600. The molecule has 9 heteroatoms. The highest BCUT2D eigenvalue weighted by atomic mass is 79.9. The molecule has 0 spiro atoms. The summed E-state index contributed by atoms with van der Waals surface area (Å²) in [6.45, 7) is 2.56. The molecule has 1 amide bonds. The maximum Gasteiger partial charge on any atom is 0.417 e. The maximum absolute atomic E-state index is 12.7. The summed E-state index contributed by atoms with van der Waals surface area (Å²) in [6.07, 6.45) is -2.24. The molecule has 0 saturated carbocycles. The second-order valence-corrected chi connectivity index (χ2v) is 6.72. The van der Waals surface area contributed by atoms with Gasteiger partial charge in [-0.05, 0) is 34.8 Å². The number of carbonyl (C=O) groups excluding carboxylic acids is 1. The number of pyridine rings is 1. The van der Waals surface area contributed by atoms with Crippen molar-refractivity contribution in [3.05, 3.63) is 22.3 Å². The number of nitrogens with zero attached hydrogens (tertiary/aromatic N) is 3. The van der Waals surface area contributed by atoms with Gasteiger partial charge in [0.05, 0.1) is 23.2 Å². The van der Waals surface area contributed by atoms with Crippen LogP contribution >= 0.6 is 15.9 Å². The molecule has 1 aromatic rings. The van der Waals surface area contributed by atoms with E-state index in [2.05, 4.69) is 20.9 Å². The molecule has 132 valence electrons.